The zero-order valence-electron chi connectivity index (χ0n) is 13.4. The number of rotatable bonds is 5. The van der Waals surface area contributed by atoms with Crippen LogP contribution in [0, 0.1) is 5.92 Å². The monoisotopic (exact) mass is 289 g/mol. The summed E-state index contributed by atoms with van der Waals surface area (Å²) >= 11 is 0. The molecule has 4 nitrogen and oxygen atoms in total. The fraction of sp³-hybridized carbons (Fsp3) is 0.588. The van der Waals surface area contributed by atoms with E-state index in [0.717, 1.165) is 38.4 Å². The summed E-state index contributed by atoms with van der Waals surface area (Å²) in [5, 5.41) is 2.99. The minimum Gasteiger partial charge on any atom is -0.326 e. The Labute approximate surface area is 128 Å². The third-order valence-electron chi connectivity index (χ3n) is 3.81. The van der Waals surface area contributed by atoms with E-state index >= 15 is 0 Å². The van der Waals surface area contributed by atoms with Gasteiger partial charge in [0.2, 0.25) is 5.91 Å². The van der Waals surface area contributed by atoms with Crippen LogP contribution in [0.25, 0.3) is 0 Å². The van der Waals surface area contributed by atoms with Crippen LogP contribution in [0.1, 0.15) is 25.8 Å². The van der Waals surface area contributed by atoms with E-state index in [4.69, 9.17) is 0 Å². The molecule has 1 saturated heterocycles. The van der Waals surface area contributed by atoms with Crippen molar-refractivity contribution in [1.29, 1.82) is 0 Å². The lowest BCUT2D eigenvalue weighted by Gasteiger charge is -2.32. The standard InChI is InChI=1S/C17H27N3O/c1-14(2)11-17(21)18-16-6-4-5-15(12-16)13-20-9-7-19(3)8-10-20/h4-6,12,14H,7-11,13H2,1-3H3,(H,18,21). The Morgan fingerprint density at radius 1 is 1.24 bits per heavy atom. The van der Waals surface area contributed by atoms with Crippen molar-refractivity contribution in [2.75, 3.05) is 38.5 Å². The number of carbonyl (C=O) groups excluding carboxylic acids is 1. The molecule has 1 fully saturated rings. The molecular weight excluding hydrogens is 262 g/mol. The molecule has 1 aliphatic rings. The molecule has 21 heavy (non-hydrogen) atoms. The molecule has 1 aromatic rings. The van der Waals surface area contributed by atoms with Crippen LogP contribution < -0.4 is 5.32 Å². The highest BCUT2D eigenvalue weighted by atomic mass is 16.1. The van der Waals surface area contributed by atoms with Gasteiger partial charge in [0, 0.05) is 44.8 Å². The van der Waals surface area contributed by atoms with Crippen molar-refractivity contribution in [2.45, 2.75) is 26.8 Å². The molecule has 0 spiro atoms. The van der Waals surface area contributed by atoms with Crippen LogP contribution in [-0.2, 0) is 11.3 Å². The largest absolute Gasteiger partial charge is 0.326 e. The zero-order chi connectivity index (χ0) is 15.2. The van der Waals surface area contributed by atoms with E-state index in [1.807, 2.05) is 12.1 Å². The average Bonchev–Trinajstić information content (AvgIpc) is 2.41. The number of amides is 1. The third kappa shape index (κ3) is 5.48. The van der Waals surface area contributed by atoms with E-state index in [1.165, 1.54) is 5.56 Å². The number of piperazine rings is 1. The van der Waals surface area contributed by atoms with Crippen molar-refractivity contribution in [3.8, 4) is 0 Å². The number of hydrogen-bond donors (Lipinski definition) is 1. The highest BCUT2D eigenvalue weighted by molar-refractivity contribution is 5.90. The van der Waals surface area contributed by atoms with E-state index < -0.39 is 0 Å². The molecule has 4 heteroatoms. The Kier molecular flexibility index (Phi) is 5.76. The second-order valence-electron chi connectivity index (χ2n) is 6.43. The van der Waals surface area contributed by atoms with E-state index in [2.05, 4.69) is 48.1 Å². The minimum atomic E-state index is 0.0988. The maximum atomic E-state index is 11.8. The quantitative estimate of drug-likeness (QED) is 0.904. The third-order valence-corrected chi connectivity index (χ3v) is 3.81. The van der Waals surface area contributed by atoms with Crippen LogP contribution in [0.3, 0.4) is 0 Å². The summed E-state index contributed by atoms with van der Waals surface area (Å²) in [6.07, 6.45) is 0.572. The van der Waals surface area contributed by atoms with Crippen molar-refractivity contribution in [2.24, 2.45) is 5.92 Å². The number of nitrogens with zero attached hydrogens (tertiary/aromatic N) is 2. The molecule has 0 atom stereocenters. The molecule has 0 radical (unpaired) electrons. The Morgan fingerprint density at radius 2 is 1.95 bits per heavy atom. The van der Waals surface area contributed by atoms with Crippen molar-refractivity contribution in [3.05, 3.63) is 29.8 Å². The van der Waals surface area contributed by atoms with Crippen LogP contribution in [0.15, 0.2) is 24.3 Å². The summed E-state index contributed by atoms with van der Waals surface area (Å²) < 4.78 is 0. The lowest BCUT2D eigenvalue weighted by molar-refractivity contribution is -0.116. The van der Waals surface area contributed by atoms with Crippen molar-refractivity contribution in [3.63, 3.8) is 0 Å². The Bertz CT molecular complexity index is 465. The number of benzene rings is 1. The summed E-state index contributed by atoms with van der Waals surface area (Å²) in [5.74, 6) is 0.486. The fourth-order valence-electron chi connectivity index (χ4n) is 2.59. The van der Waals surface area contributed by atoms with Gasteiger partial charge >= 0.3 is 0 Å². The fourth-order valence-corrected chi connectivity index (χ4v) is 2.59. The first-order valence-corrected chi connectivity index (χ1v) is 7.82. The van der Waals surface area contributed by atoms with Crippen molar-refractivity contribution >= 4 is 11.6 Å². The predicted octanol–water partition coefficient (Wildman–Crippen LogP) is 2.42. The number of likely N-dealkylation sites (N-methyl/N-ethyl adjacent to an activating group) is 1. The molecule has 116 valence electrons. The van der Waals surface area contributed by atoms with E-state index in [-0.39, 0.29) is 5.91 Å². The van der Waals surface area contributed by atoms with Gasteiger partial charge in [-0.2, -0.15) is 0 Å². The molecule has 0 aromatic heterocycles. The number of carbonyl (C=O) groups is 1. The maximum Gasteiger partial charge on any atom is 0.224 e. The summed E-state index contributed by atoms with van der Waals surface area (Å²) in [7, 11) is 2.17. The number of anilines is 1. The van der Waals surface area contributed by atoms with E-state index in [9.17, 15) is 4.79 Å². The molecule has 0 aliphatic carbocycles. The first-order chi connectivity index (χ1) is 10.0. The van der Waals surface area contributed by atoms with Gasteiger partial charge in [0.1, 0.15) is 0 Å². The first-order valence-electron chi connectivity index (χ1n) is 7.82. The molecular formula is C17H27N3O. The predicted molar refractivity (Wildman–Crippen MR) is 87.3 cm³/mol. The van der Waals surface area contributed by atoms with Gasteiger partial charge < -0.3 is 10.2 Å². The molecule has 0 saturated carbocycles. The summed E-state index contributed by atoms with van der Waals surface area (Å²) in [6, 6.07) is 8.22. The van der Waals surface area contributed by atoms with Gasteiger partial charge in [0.05, 0.1) is 0 Å². The van der Waals surface area contributed by atoms with Gasteiger partial charge in [-0.1, -0.05) is 26.0 Å². The van der Waals surface area contributed by atoms with E-state index in [1.54, 1.807) is 0 Å². The summed E-state index contributed by atoms with van der Waals surface area (Å²) in [6.45, 7) is 9.56. The van der Waals surface area contributed by atoms with Crippen LogP contribution in [-0.4, -0.2) is 48.9 Å². The summed E-state index contributed by atoms with van der Waals surface area (Å²) in [5.41, 5.74) is 2.18. The van der Waals surface area contributed by atoms with Gasteiger partial charge in [-0.15, -0.1) is 0 Å². The van der Waals surface area contributed by atoms with Crippen LogP contribution in [0.5, 0.6) is 0 Å². The smallest absolute Gasteiger partial charge is 0.224 e. The van der Waals surface area contributed by atoms with Gasteiger partial charge in [0.25, 0.3) is 0 Å². The minimum absolute atomic E-state index is 0.0988. The normalized spacial score (nSPS) is 17.1. The first kappa shape index (κ1) is 16.0. The van der Waals surface area contributed by atoms with Crippen LogP contribution in [0.2, 0.25) is 0 Å². The molecule has 1 aromatic carbocycles. The number of nitrogens with one attached hydrogen (secondary N) is 1. The van der Waals surface area contributed by atoms with Crippen LogP contribution in [0.4, 0.5) is 5.69 Å². The molecule has 1 N–H and O–H groups in total. The molecule has 0 unspecified atom stereocenters. The van der Waals surface area contributed by atoms with Gasteiger partial charge in [-0.05, 0) is 30.7 Å². The molecule has 0 bridgehead atoms. The molecule has 2 rings (SSSR count). The summed E-state index contributed by atoms with van der Waals surface area (Å²) in [4.78, 5) is 16.7. The molecule has 1 heterocycles. The van der Waals surface area contributed by atoms with Gasteiger partial charge in [0.15, 0.2) is 0 Å². The van der Waals surface area contributed by atoms with Gasteiger partial charge in [-0.3, -0.25) is 9.69 Å². The van der Waals surface area contributed by atoms with Crippen LogP contribution >= 0.6 is 0 Å². The second kappa shape index (κ2) is 7.57. The zero-order valence-corrected chi connectivity index (χ0v) is 13.4. The van der Waals surface area contributed by atoms with Gasteiger partial charge in [-0.25, -0.2) is 0 Å². The Hall–Kier alpha value is -1.39. The second-order valence-corrected chi connectivity index (χ2v) is 6.43. The average molecular weight is 289 g/mol. The lowest BCUT2D eigenvalue weighted by atomic mass is 10.1. The lowest BCUT2D eigenvalue weighted by Crippen LogP contribution is -2.43. The highest BCUT2D eigenvalue weighted by Crippen LogP contribution is 2.14. The number of hydrogen-bond acceptors (Lipinski definition) is 3. The SMILES string of the molecule is CC(C)CC(=O)Nc1cccc(CN2CCN(C)CC2)c1. The van der Waals surface area contributed by atoms with Crippen molar-refractivity contribution < 1.29 is 4.79 Å². The van der Waals surface area contributed by atoms with Crippen molar-refractivity contribution in [1.82, 2.24) is 9.80 Å². The topological polar surface area (TPSA) is 35.6 Å². The highest BCUT2D eigenvalue weighted by Gasteiger charge is 2.14. The molecule has 1 aliphatic heterocycles. The maximum absolute atomic E-state index is 11.8. The Morgan fingerprint density at radius 3 is 2.62 bits per heavy atom. The molecule has 1 amide bonds. The Balaban J connectivity index is 1.90. The van der Waals surface area contributed by atoms with E-state index in [0.29, 0.717) is 12.3 Å².